The van der Waals surface area contributed by atoms with Gasteiger partial charge in [0, 0.05) is 18.4 Å². The number of fused-ring (bicyclic) bond motifs is 2. The lowest BCUT2D eigenvalue weighted by Gasteiger charge is -2.19. The quantitative estimate of drug-likeness (QED) is 0.486. The molecule has 1 saturated carbocycles. The second-order valence-electron chi connectivity index (χ2n) is 8.03. The van der Waals surface area contributed by atoms with Crippen molar-refractivity contribution in [2.24, 2.45) is 7.05 Å². The largest absolute Gasteiger partial charge is 0.328 e. The van der Waals surface area contributed by atoms with E-state index in [1.807, 2.05) is 61.0 Å². The number of aryl methyl sites for hydroxylation is 2. The number of aromatic nitrogens is 3. The number of para-hydroxylation sites is 1. The maximum Gasteiger partial charge on any atom is 0.271 e. The predicted molar refractivity (Wildman–Crippen MR) is 116 cm³/mol. The van der Waals surface area contributed by atoms with Crippen LogP contribution in [0.25, 0.3) is 27.6 Å². The zero-order valence-electron chi connectivity index (χ0n) is 16.7. The number of pyridine rings is 1. The summed E-state index contributed by atoms with van der Waals surface area (Å²) in [4.78, 5) is 31.9. The molecule has 2 aromatic heterocycles. The summed E-state index contributed by atoms with van der Waals surface area (Å²) in [6.45, 7) is 2.02. The Kier molecular flexibility index (Phi) is 4.12. The zero-order valence-corrected chi connectivity index (χ0v) is 16.7. The number of nitrogens with zero attached hydrogens (tertiary/aromatic N) is 3. The van der Waals surface area contributed by atoms with Crippen molar-refractivity contribution in [3.63, 3.8) is 0 Å². The minimum atomic E-state index is -0.271. The van der Waals surface area contributed by atoms with Crippen molar-refractivity contribution >= 4 is 21.9 Å². The van der Waals surface area contributed by atoms with Crippen LogP contribution in [-0.4, -0.2) is 14.1 Å². The number of benzene rings is 2. The lowest BCUT2D eigenvalue weighted by molar-refractivity contribution is 0.635. The molecule has 0 aliphatic heterocycles. The second kappa shape index (κ2) is 6.69. The molecule has 5 nitrogen and oxygen atoms in total. The summed E-state index contributed by atoms with van der Waals surface area (Å²) in [6, 6.07) is 15.3. The summed E-state index contributed by atoms with van der Waals surface area (Å²) >= 11 is 0. The molecule has 5 rings (SSSR count). The van der Waals surface area contributed by atoms with E-state index in [0.29, 0.717) is 11.0 Å². The van der Waals surface area contributed by atoms with Gasteiger partial charge in [-0.1, -0.05) is 42.7 Å². The fraction of sp³-hybridized carbons (Fsp3) is 0.292. The molecule has 0 atom stereocenters. The SMILES string of the molecule is Cc1ccc(-n2c(C3CCCC3)nc3c(c(=O)c4ccccc4n3C)c2=O)cc1. The molecule has 2 aromatic carbocycles. The average Bonchev–Trinajstić information content (AvgIpc) is 3.27. The average molecular weight is 385 g/mol. The van der Waals surface area contributed by atoms with Gasteiger partial charge in [0.15, 0.2) is 5.65 Å². The molecular weight excluding hydrogens is 362 g/mol. The van der Waals surface area contributed by atoms with Crippen LogP contribution in [0.15, 0.2) is 58.1 Å². The maximum absolute atomic E-state index is 13.7. The fourth-order valence-corrected chi connectivity index (χ4v) is 4.58. The van der Waals surface area contributed by atoms with Gasteiger partial charge in [0.1, 0.15) is 11.2 Å². The Morgan fingerprint density at radius 3 is 2.38 bits per heavy atom. The molecule has 0 bridgehead atoms. The molecular formula is C24H23N3O2. The van der Waals surface area contributed by atoms with Crippen molar-refractivity contribution in [2.45, 2.75) is 38.5 Å². The summed E-state index contributed by atoms with van der Waals surface area (Å²) < 4.78 is 3.55. The third kappa shape index (κ3) is 2.72. The molecule has 5 heteroatoms. The molecule has 0 unspecified atom stereocenters. The van der Waals surface area contributed by atoms with E-state index in [4.69, 9.17) is 4.98 Å². The van der Waals surface area contributed by atoms with Crippen molar-refractivity contribution in [3.05, 3.63) is 80.5 Å². The minimum Gasteiger partial charge on any atom is -0.328 e. The van der Waals surface area contributed by atoms with Crippen LogP contribution in [0.3, 0.4) is 0 Å². The molecule has 2 heterocycles. The Hall–Kier alpha value is -3.21. The van der Waals surface area contributed by atoms with Crippen molar-refractivity contribution < 1.29 is 0 Å². The highest BCUT2D eigenvalue weighted by Gasteiger charge is 2.26. The van der Waals surface area contributed by atoms with Gasteiger partial charge in [-0.25, -0.2) is 4.98 Å². The molecule has 1 aliphatic carbocycles. The molecule has 146 valence electrons. The second-order valence-corrected chi connectivity index (χ2v) is 8.03. The zero-order chi connectivity index (χ0) is 20.1. The first kappa shape index (κ1) is 17.9. The highest BCUT2D eigenvalue weighted by molar-refractivity contribution is 5.91. The summed E-state index contributed by atoms with van der Waals surface area (Å²) in [5.74, 6) is 1.00. The van der Waals surface area contributed by atoms with E-state index >= 15 is 0 Å². The summed E-state index contributed by atoms with van der Waals surface area (Å²) in [5.41, 5.74) is 2.65. The first-order chi connectivity index (χ1) is 14.1. The first-order valence-electron chi connectivity index (χ1n) is 10.2. The smallest absolute Gasteiger partial charge is 0.271 e. The Morgan fingerprint density at radius 2 is 1.66 bits per heavy atom. The molecule has 0 amide bonds. The Balaban J connectivity index is 1.95. The van der Waals surface area contributed by atoms with Crippen LogP contribution in [0.5, 0.6) is 0 Å². The minimum absolute atomic E-state index is 0.161. The van der Waals surface area contributed by atoms with E-state index in [2.05, 4.69) is 0 Å². The molecule has 29 heavy (non-hydrogen) atoms. The van der Waals surface area contributed by atoms with E-state index in [0.717, 1.165) is 48.3 Å². The molecule has 0 radical (unpaired) electrons. The van der Waals surface area contributed by atoms with Gasteiger partial charge in [-0.05, 0) is 44.0 Å². The van der Waals surface area contributed by atoms with E-state index in [-0.39, 0.29) is 22.3 Å². The van der Waals surface area contributed by atoms with Gasteiger partial charge in [0.05, 0.1) is 11.2 Å². The summed E-state index contributed by atoms with van der Waals surface area (Å²) in [5, 5.41) is 0.707. The fourth-order valence-electron chi connectivity index (χ4n) is 4.58. The number of hydrogen-bond donors (Lipinski definition) is 0. The molecule has 1 fully saturated rings. The van der Waals surface area contributed by atoms with Crippen LogP contribution in [0.2, 0.25) is 0 Å². The van der Waals surface area contributed by atoms with Crippen molar-refractivity contribution in [3.8, 4) is 5.69 Å². The molecule has 0 N–H and O–H groups in total. The topological polar surface area (TPSA) is 56.9 Å². The van der Waals surface area contributed by atoms with Crippen LogP contribution in [0, 0.1) is 6.92 Å². The van der Waals surface area contributed by atoms with Gasteiger partial charge in [0.2, 0.25) is 5.43 Å². The Bertz CT molecular complexity index is 1360. The number of hydrogen-bond acceptors (Lipinski definition) is 3. The molecule has 4 aromatic rings. The van der Waals surface area contributed by atoms with Crippen LogP contribution in [-0.2, 0) is 7.05 Å². The lowest BCUT2D eigenvalue weighted by Crippen LogP contribution is -2.30. The van der Waals surface area contributed by atoms with Crippen molar-refractivity contribution in [1.82, 2.24) is 14.1 Å². The van der Waals surface area contributed by atoms with Crippen molar-refractivity contribution in [2.75, 3.05) is 0 Å². The van der Waals surface area contributed by atoms with E-state index in [1.165, 1.54) is 0 Å². The lowest BCUT2D eigenvalue weighted by atomic mass is 10.1. The van der Waals surface area contributed by atoms with Gasteiger partial charge in [-0.3, -0.25) is 14.2 Å². The maximum atomic E-state index is 13.7. The monoisotopic (exact) mass is 385 g/mol. The molecule has 1 aliphatic rings. The van der Waals surface area contributed by atoms with Gasteiger partial charge in [-0.2, -0.15) is 0 Å². The van der Waals surface area contributed by atoms with E-state index < -0.39 is 0 Å². The third-order valence-electron chi connectivity index (χ3n) is 6.16. The van der Waals surface area contributed by atoms with Crippen LogP contribution >= 0.6 is 0 Å². The van der Waals surface area contributed by atoms with Gasteiger partial charge < -0.3 is 4.57 Å². The standard InChI is InChI=1S/C24H23N3O2/c1-15-11-13-17(14-12-15)27-22(16-7-3-4-8-16)25-23-20(24(27)29)21(28)18-9-5-6-10-19(18)26(23)2/h5-6,9-14,16H,3-4,7-8H2,1-2H3. The van der Waals surface area contributed by atoms with E-state index in [1.54, 1.807) is 10.6 Å². The van der Waals surface area contributed by atoms with Crippen LogP contribution < -0.4 is 11.0 Å². The summed E-state index contributed by atoms with van der Waals surface area (Å²) in [6.07, 6.45) is 4.32. The van der Waals surface area contributed by atoms with Gasteiger partial charge in [-0.15, -0.1) is 0 Å². The molecule has 0 spiro atoms. The van der Waals surface area contributed by atoms with Gasteiger partial charge >= 0.3 is 0 Å². The normalized spacial score (nSPS) is 14.8. The van der Waals surface area contributed by atoms with Crippen LogP contribution in [0.1, 0.15) is 43.0 Å². The Morgan fingerprint density at radius 1 is 0.966 bits per heavy atom. The van der Waals surface area contributed by atoms with E-state index in [9.17, 15) is 9.59 Å². The third-order valence-corrected chi connectivity index (χ3v) is 6.16. The summed E-state index contributed by atoms with van der Waals surface area (Å²) in [7, 11) is 1.88. The number of rotatable bonds is 2. The highest BCUT2D eigenvalue weighted by Crippen LogP contribution is 2.34. The van der Waals surface area contributed by atoms with Gasteiger partial charge in [0.25, 0.3) is 5.56 Å². The van der Waals surface area contributed by atoms with Crippen molar-refractivity contribution in [1.29, 1.82) is 0 Å². The highest BCUT2D eigenvalue weighted by atomic mass is 16.1. The predicted octanol–water partition coefficient (Wildman–Crippen LogP) is 4.20. The Labute approximate surface area is 168 Å². The molecule has 0 saturated heterocycles. The van der Waals surface area contributed by atoms with Crippen LogP contribution in [0.4, 0.5) is 0 Å². The first-order valence-corrected chi connectivity index (χ1v) is 10.2.